The molecule has 0 atom stereocenters. The van der Waals surface area contributed by atoms with E-state index in [1.54, 1.807) is 12.4 Å². The van der Waals surface area contributed by atoms with Crippen molar-refractivity contribution in [3.63, 3.8) is 0 Å². The lowest BCUT2D eigenvalue weighted by atomic mass is 10.3. The Balaban J connectivity index is 1.61. The Kier molecular flexibility index (Phi) is 7.74. The van der Waals surface area contributed by atoms with Crippen LogP contribution in [0.4, 0.5) is 5.95 Å². The van der Waals surface area contributed by atoms with Crippen LogP contribution in [0, 0.1) is 6.92 Å². The van der Waals surface area contributed by atoms with Crippen molar-refractivity contribution < 1.29 is 4.74 Å². The third kappa shape index (κ3) is 5.86. The molecule has 29 heavy (non-hydrogen) atoms. The van der Waals surface area contributed by atoms with Crippen molar-refractivity contribution in [3.05, 3.63) is 30.1 Å². The monoisotopic (exact) mass is 401 g/mol. The number of hydrogen-bond donors (Lipinski definition) is 1. The molecule has 2 aromatic heterocycles. The van der Waals surface area contributed by atoms with E-state index < -0.39 is 0 Å². The molecule has 0 spiro atoms. The Bertz CT molecular complexity index is 769. The maximum atomic E-state index is 5.44. The van der Waals surface area contributed by atoms with Gasteiger partial charge in [-0.05, 0) is 26.3 Å². The smallest absolute Gasteiger partial charge is 0.225 e. The van der Waals surface area contributed by atoms with E-state index in [1.807, 2.05) is 31.5 Å². The fourth-order valence-electron chi connectivity index (χ4n) is 3.09. The van der Waals surface area contributed by atoms with Crippen molar-refractivity contribution in [2.24, 2.45) is 12.0 Å². The van der Waals surface area contributed by atoms with Gasteiger partial charge in [0.25, 0.3) is 0 Å². The van der Waals surface area contributed by atoms with Crippen LogP contribution in [0.3, 0.4) is 0 Å². The molecule has 0 unspecified atom stereocenters. The van der Waals surface area contributed by atoms with E-state index in [0.717, 1.165) is 75.9 Å². The van der Waals surface area contributed by atoms with Gasteiger partial charge < -0.3 is 24.4 Å². The number of aromatic nitrogens is 5. The van der Waals surface area contributed by atoms with Gasteiger partial charge in [0, 0.05) is 65.4 Å². The minimum Gasteiger partial charge on any atom is -0.382 e. The lowest BCUT2D eigenvalue weighted by molar-refractivity contribution is 0.145. The van der Waals surface area contributed by atoms with Crippen LogP contribution in [-0.4, -0.2) is 81.5 Å². The minimum absolute atomic E-state index is 0.493. The molecule has 3 heterocycles. The average molecular weight is 402 g/mol. The predicted octanol–water partition coefficient (Wildman–Crippen LogP) is 0.608. The lowest BCUT2D eigenvalue weighted by Crippen LogP contribution is -2.53. The van der Waals surface area contributed by atoms with Crippen LogP contribution < -0.4 is 10.2 Å². The van der Waals surface area contributed by atoms with Gasteiger partial charge in [0.2, 0.25) is 5.95 Å². The number of nitrogens with zero attached hydrogens (tertiary/aromatic N) is 8. The molecule has 3 rings (SSSR count). The summed E-state index contributed by atoms with van der Waals surface area (Å²) in [6, 6.07) is 1.84. The van der Waals surface area contributed by atoms with Crippen LogP contribution >= 0.6 is 0 Å². The summed E-state index contributed by atoms with van der Waals surface area (Å²) in [7, 11) is 1.97. The largest absolute Gasteiger partial charge is 0.382 e. The zero-order chi connectivity index (χ0) is 20.5. The van der Waals surface area contributed by atoms with Gasteiger partial charge in [0.15, 0.2) is 11.8 Å². The zero-order valence-electron chi connectivity index (χ0n) is 17.6. The Morgan fingerprint density at radius 3 is 2.59 bits per heavy atom. The second-order valence-electron chi connectivity index (χ2n) is 6.86. The summed E-state index contributed by atoms with van der Waals surface area (Å²) in [4.78, 5) is 18.0. The highest BCUT2D eigenvalue weighted by Crippen LogP contribution is 2.10. The van der Waals surface area contributed by atoms with Gasteiger partial charge in [0.05, 0.1) is 0 Å². The van der Waals surface area contributed by atoms with E-state index >= 15 is 0 Å². The van der Waals surface area contributed by atoms with E-state index in [-0.39, 0.29) is 0 Å². The number of aryl methyl sites for hydroxylation is 1. The molecule has 0 amide bonds. The summed E-state index contributed by atoms with van der Waals surface area (Å²) in [5.74, 6) is 3.42. The molecule has 1 aliphatic rings. The SMILES string of the molecule is CCOCCCNC(=NCc1nnc(C)n1C)N1CCN(c2ncccn2)CC1. The van der Waals surface area contributed by atoms with Gasteiger partial charge >= 0.3 is 0 Å². The Morgan fingerprint density at radius 2 is 1.93 bits per heavy atom. The molecule has 1 fully saturated rings. The maximum absolute atomic E-state index is 5.44. The van der Waals surface area contributed by atoms with Gasteiger partial charge in [-0.15, -0.1) is 10.2 Å². The quantitative estimate of drug-likeness (QED) is 0.390. The van der Waals surface area contributed by atoms with Crippen molar-refractivity contribution in [3.8, 4) is 0 Å². The third-order valence-corrected chi connectivity index (χ3v) is 4.92. The van der Waals surface area contributed by atoms with E-state index in [1.165, 1.54) is 0 Å². The normalized spacial score (nSPS) is 15.1. The molecular formula is C19H31N9O. The first-order valence-corrected chi connectivity index (χ1v) is 10.2. The van der Waals surface area contributed by atoms with Gasteiger partial charge in [-0.25, -0.2) is 15.0 Å². The van der Waals surface area contributed by atoms with Gasteiger partial charge in [0.1, 0.15) is 12.4 Å². The van der Waals surface area contributed by atoms with Crippen LogP contribution in [0.5, 0.6) is 0 Å². The Hall–Kier alpha value is -2.75. The number of nitrogens with one attached hydrogen (secondary N) is 1. The van der Waals surface area contributed by atoms with E-state index in [9.17, 15) is 0 Å². The minimum atomic E-state index is 0.493. The van der Waals surface area contributed by atoms with Crippen molar-refractivity contribution in [2.75, 3.05) is 50.8 Å². The molecule has 0 saturated carbocycles. The van der Waals surface area contributed by atoms with Gasteiger partial charge in [-0.3, -0.25) is 0 Å². The predicted molar refractivity (Wildman–Crippen MR) is 112 cm³/mol. The van der Waals surface area contributed by atoms with Crippen LogP contribution in [0.25, 0.3) is 0 Å². The first-order chi connectivity index (χ1) is 14.2. The molecule has 0 bridgehead atoms. The lowest BCUT2D eigenvalue weighted by Gasteiger charge is -2.36. The first kappa shape index (κ1) is 21.0. The zero-order valence-corrected chi connectivity index (χ0v) is 17.6. The third-order valence-electron chi connectivity index (χ3n) is 4.92. The second-order valence-corrected chi connectivity index (χ2v) is 6.86. The van der Waals surface area contributed by atoms with E-state index in [2.05, 4.69) is 35.3 Å². The van der Waals surface area contributed by atoms with E-state index in [0.29, 0.717) is 6.54 Å². The summed E-state index contributed by atoms with van der Waals surface area (Å²) in [5.41, 5.74) is 0. The highest BCUT2D eigenvalue weighted by atomic mass is 16.5. The summed E-state index contributed by atoms with van der Waals surface area (Å²) >= 11 is 0. The average Bonchev–Trinajstić information content (AvgIpc) is 3.08. The molecule has 0 radical (unpaired) electrons. The molecule has 0 aromatic carbocycles. The Labute approximate surface area is 172 Å². The number of anilines is 1. The number of aliphatic imine (C=N–C) groups is 1. The topological polar surface area (TPSA) is 96.6 Å². The number of rotatable bonds is 8. The fraction of sp³-hybridized carbons (Fsp3) is 0.632. The standard InChI is InChI=1S/C19H31N9O/c1-4-29-14-6-9-22-19(23-15-17-25-24-16(2)26(17)3)28-12-10-27(11-13-28)18-20-7-5-8-21-18/h5,7-8H,4,6,9-15H2,1-3H3,(H,22,23). The number of guanidine groups is 1. The van der Waals surface area contributed by atoms with Crippen LogP contribution in [0.15, 0.2) is 23.5 Å². The van der Waals surface area contributed by atoms with E-state index in [4.69, 9.17) is 9.73 Å². The van der Waals surface area contributed by atoms with Crippen LogP contribution in [0.2, 0.25) is 0 Å². The van der Waals surface area contributed by atoms with Crippen molar-refractivity contribution in [2.45, 2.75) is 26.8 Å². The molecule has 158 valence electrons. The summed E-state index contributed by atoms with van der Waals surface area (Å²) in [6.07, 6.45) is 4.50. The summed E-state index contributed by atoms with van der Waals surface area (Å²) in [5, 5.41) is 11.8. The molecule has 10 heteroatoms. The van der Waals surface area contributed by atoms with Crippen molar-refractivity contribution >= 4 is 11.9 Å². The number of piperazine rings is 1. The number of ether oxygens (including phenoxy) is 1. The molecule has 1 N–H and O–H groups in total. The maximum Gasteiger partial charge on any atom is 0.225 e. The molecular weight excluding hydrogens is 370 g/mol. The molecule has 10 nitrogen and oxygen atoms in total. The molecule has 0 aliphatic carbocycles. The van der Waals surface area contributed by atoms with Crippen molar-refractivity contribution in [1.29, 1.82) is 0 Å². The number of hydrogen-bond acceptors (Lipinski definition) is 7. The highest BCUT2D eigenvalue weighted by Gasteiger charge is 2.21. The molecule has 2 aromatic rings. The molecule has 1 aliphatic heterocycles. The fourth-order valence-corrected chi connectivity index (χ4v) is 3.09. The van der Waals surface area contributed by atoms with Crippen LogP contribution in [-0.2, 0) is 18.3 Å². The highest BCUT2D eigenvalue weighted by molar-refractivity contribution is 5.80. The summed E-state index contributed by atoms with van der Waals surface area (Å²) < 4.78 is 7.41. The summed E-state index contributed by atoms with van der Waals surface area (Å²) in [6.45, 7) is 10.2. The van der Waals surface area contributed by atoms with Gasteiger partial charge in [-0.2, -0.15) is 0 Å². The van der Waals surface area contributed by atoms with Crippen molar-refractivity contribution in [1.82, 2.24) is 34.9 Å². The van der Waals surface area contributed by atoms with Gasteiger partial charge in [-0.1, -0.05) is 0 Å². The Morgan fingerprint density at radius 1 is 1.17 bits per heavy atom. The second kappa shape index (κ2) is 10.7. The first-order valence-electron chi connectivity index (χ1n) is 10.2. The molecule has 1 saturated heterocycles. The van der Waals surface area contributed by atoms with Crippen LogP contribution in [0.1, 0.15) is 25.0 Å².